The van der Waals surface area contributed by atoms with Gasteiger partial charge in [0, 0.05) is 5.56 Å². The number of hydrogen-bond acceptors (Lipinski definition) is 4. The molecule has 1 aliphatic heterocycles. The number of fused-ring (bicyclic) bond motifs is 1. The molecule has 3 atom stereocenters. The maximum absolute atomic E-state index is 6.67. The van der Waals surface area contributed by atoms with Gasteiger partial charge in [0.05, 0.1) is 26.4 Å². The Kier molecular flexibility index (Phi) is 8.83. The third-order valence-corrected chi connectivity index (χ3v) is 7.28. The van der Waals surface area contributed by atoms with Crippen molar-refractivity contribution in [2.45, 2.75) is 38.1 Å². The first-order chi connectivity index (χ1) is 20.3. The zero-order chi connectivity index (χ0) is 27.7. The summed E-state index contributed by atoms with van der Waals surface area (Å²) in [4.78, 5) is 0. The lowest BCUT2D eigenvalue weighted by atomic mass is 9.99. The number of rotatable bonds is 11. The fourth-order valence-electron chi connectivity index (χ4n) is 5.11. The lowest BCUT2D eigenvalue weighted by Crippen LogP contribution is -2.46. The maximum Gasteiger partial charge on any atom is 0.151 e. The molecule has 0 aromatic heterocycles. The summed E-state index contributed by atoms with van der Waals surface area (Å²) in [6, 6.07) is 45.4. The summed E-state index contributed by atoms with van der Waals surface area (Å²) in [5, 5.41) is 2.35. The second kappa shape index (κ2) is 13.4. The highest BCUT2D eigenvalue weighted by atomic mass is 16.6. The van der Waals surface area contributed by atoms with E-state index in [1.165, 1.54) is 5.39 Å². The molecule has 0 saturated carbocycles. The molecular formula is C37H34O4. The highest BCUT2D eigenvalue weighted by Crippen LogP contribution is 2.32. The van der Waals surface area contributed by atoms with Crippen LogP contribution in [-0.2, 0) is 38.8 Å². The van der Waals surface area contributed by atoms with Gasteiger partial charge in [-0.1, -0.05) is 127 Å². The first-order valence-electron chi connectivity index (χ1n) is 14.1. The van der Waals surface area contributed by atoms with E-state index in [9.17, 15) is 0 Å². The van der Waals surface area contributed by atoms with Crippen LogP contribution in [0, 0.1) is 0 Å². The van der Waals surface area contributed by atoms with Crippen molar-refractivity contribution in [3.05, 3.63) is 162 Å². The van der Waals surface area contributed by atoms with E-state index in [0.717, 1.165) is 33.4 Å². The second-order valence-corrected chi connectivity index (χ2v) is 10.3. The predicted molar refractivity (Wildman–Crippen MR) is 163 cm³/mol. The molecule has 0 N–H and O–H groups in total. The van der Waals surface area contributed by atoms with Crippen LogP contribution in [0.2, 0.25) is 0 Å². The molecule has 6 rings (SSSR count). The third-order valence-electron chi connectivity index (χ3n) is 7.28. The van der Waals surface area contributed by atoms with Gasteiger partial charge in [0.25, 0.3) is 0 Å². The van der Waals surface area contributed by atoms with Crippen molar-refractivity contribution in [2.75, 3.05) is 6.61 Å². The summed E-state index contributed by atoms with van der Waals surface area (Å²) in [5.41, 5.74) is 4.33. The van der Waals surface area contributed by atoms with E-state index in [1.807, 2.05) is 54.6 Å². The van der Waals surface area contributed by atoms with Gasteiger partial charge < -0.3 is 18.9 Å². The molecular weight excluding hydrogens is 508 g/mol. The summed E-state index contributed by atoms with van der Waals surface area (Å²) in [5.74, 6) is 0.779. The van der Waals surface area contributed by atoms with Crippen LogP contribution in [0.25, 0.3) is 16.5 Å². The lowest BCUT2D eigenvalue weighted by Gasteiger charge is -2.37. The Morgan fingerprint density at radius 3 is 1.76 bits per heavy atom. The SMILES string of the molecule is C1=C(c2ccc3ccccc3c2)O[C@H](COCc2ccccc2)[C@@H](OCc2ccccc2)[C@@H]1OCc1ccccc1. The van der Waals surface area contributed by atoms with Crippen LogP contribution in [0.1, 0.15) is 22.3 Å². The monoisotopic (exact) mass is 542 g/mol. The van der Waals surface area contributed by atoms with Crippen LogP contribution in [0.3, 0.4) is 0 Å². The molecule has 1 heterocycles. The highest BCUT2D eigenvalue weighted by molar-refractivity contribution is 5.85. The smallest absolute Gasteiger partial charge is 0.151 e. The summed E-state index contributed by atoms with van der Waals surface area (Å²) in [6.07, 6.45) is 1.00. The molecule has 0 unspecified atom stereocenters. The maximum atomic E-state index is 6.67. The van der Waals surface area contributed by atoms with E-state index in [-0.39, 0.29) is 18.3 Å². The van der Waals surface area contributed by atoms with Crippen molar-refractivity contribution in [1.29, 1.82) is 0 Å². The third kappa shape index (κ3) is 7.11. The van der Waals surface area contributed by atoms with Gasteiger partial charge in [-0.05, 0) is 39.6 Å². The first kappa shape index (κ1) is 27.0. The zero-order valence-electron chi connectivity index (χ0n) is 23.0. The van der Waals surface area contributed by atoms with Crippen molar-refractivity contribution in [3.63, 3.8) is 0 Å². The van der Waals surface area contributed by atoms with E-state index in [2.05, 4.69) is 84.9 Å². The van der Waals surface area contributed by atoms with E-state index in [4.69, 9.17) is 18.9 Å². The molecule has 0 fully saturated rings. The molecule has 5 aromatic carbocycles. The number of ether oxygens (including phenoxy) is 4. The quantitative estimate of drug-likeness (QED) is 0.170. The molecule has 4 nitrogen and oxygen atoms in total. The molecule has 4 heteroatoms. The zero-order valence-corrected chi connectivity index (χ0v) is 23.0. The summed E-state index contributed by atoms with van der Waals surface area (Å²) >= 11 is 0. The topological polar surface area (TPSA) is 36.9 Å². The molecule has 5 aromatic rings. The van der Waals surface area contributed by atoms with Crippen LogP contribution < -0.4 is 0 Å². The van der Waals surface area contributed by atoms with Gasteiger partial charge in [-0.25, -0.2) is 0 Å². The molecule has 0 radical (unpaired) electrons. The van der Waals surface area contributed by atoms with Crippen LogP contribution in [0.4, 0.5) is 0 Å². The fraction of sp³-hybridized carbons (Fsp3) is 0.189. The van der Waals surface area contributed by atoms with Gasteiger partial charge in [0.15, 0.2) is 6.10 Å². The Morgan fingerprint density at radius 1 is 0.537 bits per heavy atom. The summed E-state index contributed by atoms with van der Waals surface area (Å²) in [7, 11) is 0. The molecule has 0 amide bonds. The molecule has 0 saturated heterocycles. The van der Waals surface area contributed by atoms with Gasteiger partial charge in [-0.2, -0.15) is 0 Å². The van der Waals surface area contributed by atoms with Crippen LogP contribution in [0.15, 0.2) is 140 Å². The number of hydrogen-bond donors (Lipinski definition) is 0. The Bertz CT molecular complexity index is 1550. The Hall–Kier alpha value is -4.22. The average Bonchev–Trinajstić information content (AvgIpc) is 3.04. The molecule has 0 spiro atoms. The largest absolute Gasteiger partial charge is 0.485 e. The average molecular weight is 543 g/mol. The Balaban J connectivity index is 1.29. The van der Waals surface area contributed by atoms with Gasteiger partial charge >= 0.3 is 0 Å². The minimum Gasteiger partial charge on any atom is -0.485 e. The van der Waals surface area contributed by atoms with Crippen molar-refractivity contribution in [3.8, 4) is 0 Å². The van der Waals surface area contributed by atoms with Gasteiger partial charge in [-0.15, -0.1) is 0 Å². The Morgan fingerprint density at radius 2 is 1.10 bits per heavy atom. The minimum absolute atomic E-state index is 0.334. The van der Waals surface area contributed by atoms with Gasteiger partial charge in [0.2, 0.25) is 0 Å². The van der Waals surface area contributed by atoms with Crippen molar-refractivity contribution in [1.82, 2.24) is 0 Å². The van der Waals surface area contributed by atoms with Crippen molar-refractivity contribution < 1.29 is 18.9 Å². The predicted octanol–water partition coefficient (Wildman–Crippen LogP) is 7.97. The van der Waals surface area contributed by atoms with E-state index < -0.39 is 0 Å². The van der Waals surface area contributed by atoms with Gasteiger partial charge in [0.1, 0.15) is 18.0 Å². The fourth-order valence-corrected chi connectivity index (χ4v) is 5.11. The van der Waals surface area contributed by atoms with Crippen molar-refractivity contribution in [2.24, 2.45) is 0 Å². The minimum atomic E-state index is -0.366. The molecule has 0 aliphatic carbocycles. The molecule has 0 bridgehead atoms. The summed E-state index contributed by atoms with van der Waals surface area (Å²) in [6.45, 7) is 1.78. The summed E-state index contributed by atoms with van der Waals surface area (Å²) < 4.78 is 26.0. The second-order valence-electron chi connectivity index (χ2n) is 10.3. The van der Waals surface area contributed by atoms with E-state index >= 15 is 0 Å². The molecule has 41 heavy (non-hydrogen) atoms. The highest BCUT2D eigenvalue weighted by Gasteiger charge is 2.37. The first-order valence-corrected chi connectivity index (χ1v) is 14.1. The van der Waals surface area contributed by atoms with E-state index in [0.29, 0.717) is 26.4 Å². The molecule has 206 valence electrons. The number of benzene rings is 5. The standard InChI is InChI=1S/C37H34O4/c1-4-12-28(13-5-1)24-38-27-36-37(40-26-30-16-8-3-9-17-30)35(39-25-29-14-6-2-7-15-29)23-34(41-36)33-21-20-31-18-10-11-19-32(31)22-33/h1-23,35-37H,24-27H2/t35-,36-,37+/m1/s1. The van der Waals surface area contributed by atoms with Crippen LogP contribution in [-0.4, -0.2) is 24.9 Å². The lowest BCUT2D eigenvalue weighted by molar-refractivity contribution is -0.141. The van der Waals surface area contributed by atoms with E-state index in [1.54, 1.807) is 0 Å². The van der Waals surface area contributed by atoms with Crippen molar-refractivity contribution >= 4 is 16.5 Å². The van der Waals surface area contributed by atoms with Crippen LogP contribution >= 0.6 is 0 Å². The van der Waals surface area contributed by atoms with Gasteiger partial charge in [-0.3, -0.25) is 0 Å². The molecule has 1 aliphatic rings. The normalized spacial score (nSPS) is 18.5. The Labute approximate surface area is 241 Å². The van der Waals surface area contributed by atoms with Crippen LogP contribution in [0.5, 0.6) is 0 Å².